The predicted molar refractivity (Wildman–Crippen MR) is 114 cm³/mol. The van der Waals surface area contributed by atoms with Crippen LogP contribution in [-0.2, 0) is 4.79 Å². The van der Waals surface area contributed by atoms with Crippen molar-refractivity contribution in [1.29, 1.82) is 0 Å². The van der Waals surface area contributed by atoms with Crippen molar-refractivity contribution in [2.75, 3.05) is 39.3 Å². The van der Waals surface area contributed by atoms with Gasteiger partial charge in [-0.2, -0.15) is 13.2 Å². The van der Waals surface area contributed by atoms with Gasteiger partial charge in [-0.3, -0.25) is 9.69 Å². The first-order valence-electron chi connectivity index (χ1n) is 11.5. The molecule has 3 aliphatic heterocycles. The number of nitrogens with one attached hydrogen (secondary N) is 1. The fourth-order valence-electron chi connectivity index (χ4n) is 5.27. The molecule has 3 amide bonds. The first-order valence-corrected chi connectivity index (χ1v) is 11.5. The van der Waals surface area contributed by atoms with Crippen LogP contribution in [0.3, 0.4) is 0 Å². The van der Waals surface area contributed by atoms with E-state index in [1.54, 1.807) is 4.90 Å². The molecule has 1 aromatic carbocycles. The van der Waals surface area contributed by atoms with Crippen LogP contribution < -0.4 is 5.32 Å². The molecule has 1 N–H and O–H groups in total. The van der Waals surface area contributed by atoms with Crippen molar-refractivity contribution in [2.24, 2.45) is 0 Å². The molecule has 3 heterocycles. The lowest BCUT2D eigenvalue weighted by molar-refractivity contribution is -0.186. The highest BCUT2D eigenvalue weighted by Crippen LogP contribution is 2.30. The zero-order chi connectivity index (χ0) is 22.7. The van der Waals surface area contributed by atoms with Gasteiger partial charge in [0.2, 0.25) is 0 Å². The van der Waals surface area contributed by atoms with E-state index in [0.29, 0.717) is 37.9 Å². The second kappa shape index (κ2) is 9.68. The third kappa shape index (κ3) is 5.36. The number of hydrogen-bond acceptors (Lipinski definition) is 3. The highest BCUT2D eigenvalue weighted by molar-refractivity contribution is 5.82. The molecule has 2 unspecified atom stereocenters. The van der Waals surface area contributed by atoms with Gasteiger partial charge < -0.3 is 15.1 Å². The Bertz CT molecular complexity index is 796. The molecule has 0 aliphatic carbocycles. The largest absolute Gasteiger partial charge is 0.471 e. The van der Waals surface area contributed by atoms with Crippen LogP contribution >= 0.6 is 0 Å². The summed E-state index contributed by atoms with van der Waals surface area (Å²) in [6.45, 7) is 3.30. The summed E-state index contributed by atoms with van der Waals surface area (Å²) >= 11 is 0. The van der Waals surface area contributed by atoms with Crippen LogP contribution in [0.4, 0.5) is 18.0 Å². The van der Waals surface area contributed by atoms with E-state index >= 15 is 0 Å². The van der Waals surface area contributed by atoms with Gasteiger partial charge in [0.1, 0.15) is 0 Å². The Kier molecular flexibility index (Phi) is 6.93. The fraction of sp³-hybridized carbons (Fsp3) is 0.652. The van der Waals surface area contributed by atoms with Crippen molar-refractivity contribution in [3.63, 3.8) is 0 Å². The highest BCUT2D eigenvalue weighted by Gasteiger charge is 2.44. The van der Waals surface area contributed by atoms with Crippen LogP contribution in [0.15, 0.2) is 30.3 Å². The van der Waals surface area contributed by atoms with Crippen LogP contribution in [0.1, 0.15) is 43.6 Å². The summed E-state index contributed by atoms with van der Waals surface area (Å²) < 4.78 is 38.2. The minimum atomic E-state index is -4.87. The Morgan fingerprint density at radius 2 is 1.59 bits per heavy atom. The van der Waals surface area contributed by atoms with E-state index in [1.807, 2.05) is 6.07 Å². The molecule has 3 saturated heterocycles. The second-order valence-corrected chi connectivity index (χ2v) is 9.15. The summed E-state index contributed by atoms with van der Waals surface area (Å²) in [6.07, 6.45) is -0.714. The summed E-state index contributed by atoms with van der Waals surface area (Å²) in [6, 6.07) is 10.2. The first kappa shape index (κ1) is 22.9. The van der Waals surface area contributed by atoms with Gasteiger partial charge in [0, 0.05) is 38.3 Å². The topological polar surface area (TPSA) is 55.9 Å². The van der Waals surface area contributed by atoms with E-state index < -0.39 is 18.1 Å². The summed E-state index contributed by atoms with van der Waals surface area (Å²) in [5.74, 6) is -1.24. The molecule has 0 spiro atoms. The molecule has 176 valence electrons. The van der Waals surface area contributed by atoms with E-state index in [2.05, 4.69) is 34.5 Å². The van der Waals surface area contributed by atoms with Crippen LogP contribution in [0.25, 0.3) is 0 Å². The number of hydrogen-bond donors (Lipinski definition) is 1. The minimum absolute atomic E-state index is 0.0788. The van der Waals surface area contributed by atoms with E-state index in [0.717, 1.165) is 37.3 Å². The Hall–Kier alpha value is -2.29. The number of carbonyl (C=O) groups is 2. The van der Waals surface area contributed by atoms with Crippen molar-refractivity contribution >= 4 is 11.9 Å². The van der Waals surface area contributed by atoms with E-state index in [4.69, 9.17) is 0 Å². The summed E-state index contributed by atoms with van der Waals surface area (Å²) in [5, 5.41) is 2.86. The fourth-order valence-corrected chi connectivity index (χ4v) is 5.27. The van der Waals surface area contributed by atoms with Crippen molar-refractivity contribution in [3.05, 3.63) is 35.9 Å². The quantitative estimate of drug-likeness (QED) is 0.767. The zero-order valence-electron chi connectivity index (χ0n) is 18.2. The normalized spacial score (nSPS) is 25.7. The van der Waals surface area contributed by atoms with Gasteiger partial charge in [0.25, 0.3) is 0 Å². The van der Waals surface area contributed by atoms with Crippen LogP contribution in [0.2, 0.25) is 0 Å². The summed E-state index contributed by atoms with van der Waals surface area (Å²) in [5.41, 5.74) is 1.39. The monoisotopic (exact) mass is 452 g/mol. The molecule has 6 nitrogen and oxygen atoms in total. The summed E-state index contributed by atoms with van der Waals surface area (Å²) in [4.78, 5) is 29.3. The van der Waals surface area contributed by atoms with Crippen LogP contribution in [-0.4, -0.2) is 84.2 Å². The van der Waals surface area contributed by atoms with Crippen LogP contribution in [0.5, 0.6) is 0 Å². The Balaban J connectivity index is 1.23. The molecule has 0 aromatic heterocycles. The van der Waals surface area contributed by atoms with Crippen molar-refractivity contribution in [3.8, 4) is 0 Å². The average molecular weight is 453 g/mol. The standard InChI is InChI=1S/C23H31F3N4O2/c24-23(25,26)21(31)29-11-4-7-19(15-29)27-22(32)30-14-10-20(16-30)28-12-8-18(9-13-28)17-5-2-1-3-6-17/h1-3,5-6,18-20H,4,7-16H2,(H,27,32). The lowest BCUT2D eigenvalue weighted by Gasteiger charge is -2.36. The number of alkyl halides is 3. The number of halogens is 3. The van der Waals surface area contributed by atoms with Crippen molar-refractivity contribution in [2.45, 2.75) is 56.3 Å². The number of urea groups is 1. The number of benzene rings is 1. The predicted octanol–water partition coefficient (Wildman–Crippen LogP) is 3.20. The van der Waals surface area contributed by atoms with Gasteiger partial charge >= 0.3 is 18.1 Å². The maximum Gasteiger partial charge on any atom is 0.471 e. The lowest BCUT2D eigenvalue weighted by Crippen LogP contribution is -2.54. The molecule has 0 saturated carbocycles. The molecule has 9 heteroatoms. The van der Waals surface area contributed by atoms with E-state index in [9.17, 15) is 22.8 Å². The van der Waals surface area contributed by atoms with Crippen molar-refractivity contribution in [1.82, 2.24) is 20.0 Å². The lowest BCUT2D eigenvalue weighted by atomic mass is 9.89. The molecule has 0 bridgehead atoms. The molecule has 3 fully saturated rings. The third-order valence-electron chi connectivity index (χ3n) is 7.05. The van der Waals surface area contributed by atoms with Gasteiger partial charge in [-0.05, 0) is 56.7 Å². The van der Waals surface area contributed by atoms with Gasteiger partial charge in [-0.25, -0.2) is 4.79 Å². The molecule has 32 heavy (non-hydrogen) atoms. The molecular weight excluding hydrogens is 421 g/mol. The number of amides is 3. The van der Waals surface area contributed by atoms with E-state index in [-0.39, 0.29) is 19.1 Å². The zero-order valence-corrected chi connectivity index (χ0v) is 18.2. The van der Waals surface area contributed by atoms with E-state index in [1.165, 1.54) is 5.56 Å². The molecule has 3 aliphatic rings. The second-order valence-electron chi connectivity index (χ2n) is 9.15. The molecular formula is C23H31F3N4O2. The molecule has 2 atom stereocenters. The molecule has 0 radical (unpaired) electrons. The van der Waals surface area contributed by atoms with Crippen LogP contribution in [0, 0.1) is 0 Å². The number of likely N-dealkylation sites (tertiary alicyclic amines) is 3. The highest BCUT2D eigenvalue weighted by atomic mass is 19.4. The SMILES string of the molecule is O=C(NC1CCCN(C(=O)C(F)(F)F)C1)N1CCC(N2CCC(c3ccccc3)CC2)C1. The smallest absolute Gasteiger partial charge is 0.333 e. The Morgan fingerprint density at radius 3 is 2.28 bits per heavy atom. The van der Waals surface area contributed by atoms with Gasteiger partial charge in [-0.15, -0.1) is 0 Å². The number of carbonyl (C=O) groups excluding carboxylic acids is 2. The van der Waals surface area contributed by atoms with Gasteiger partial charge in [0.05, 0.1) is 0 Å². The molecule has 1 aromatic rings. The summed E-state index contributed by atoms with van der Waals surface area (Å²) in [7, 11) is 0. The number of rotatable bonds is 3. The maximum atomic E-state index is 12.7. The first-order chi connectivity index (χ1) is 15.3. The van der Waals surface area contributed by atoms with Gasteiger partial charge in [0.15, 0.2) is 0 Å². The molecule has 4 rings (SSSR count). The third-order valence-corrected chi connectivity index (χ3v) is 7.05. The number of piperidine rings is 2. The van der Waals surface area contributed by atoms with Crippen molar-refractivity contribution < 1.29 is 22.8 Å². The maximum absolute atomic E-state index is 12.7. The average Bonchev–Trinajstić information content (AvgIpc) is 3.29. The number of nitrogens with zero attached hydrogens (tertiary/aromatic N) is 3. The Labute approximate surface area is 186 Å². The Morgan fingerprint density at radius 1 is 0.875 bits per heavy atom. The van der Waals surface area contributed by atoms with Gasteiger partial charge in [-0.1, -0.05) is 30.3 Å². The minimum Gasteiger partial charge on any atom is -0.333 e.